The van der Waals surface area contributed by atoms with Crippen molar-refractivity contribution in [2.24, 2.45) is 0 Å². The Morgan fingerprint density at radius 1 is 0.273 bits per heavy atom. The van der Waals surface area contributed by atoms with Crippen molar-refractivity contribution in [2.45, 2.75) is 0 Å². The van der Waals surface area contributed by atoms with Crippen molar-refractivity contribution in [3.8, 4) is 79.0 Å². The van der Waals surface area contributed by atoms with E-state index in [1.54, 1.807) is 0 Å². The molecule has 0 unspecified atom stereocenters. The minimum absolute atomic E-state index is 0.110. The van der Waals surface area contributed by atoms with Crippen LogP contribution in [0.25, 0.3) is 44.5 Å². The molecule has 0 bridgehead atoms. The Balaban J connectivity index is 1.02. The molecular weight excluding hydrogens is 804 g/mol. The summed E-state index contributed by atoms with van der Waals surface area (Å²) in [6, 6.07) is 80.2. The maximum atomic E-state index is 7.31. The highest BCUT2D eigenvalue weighted by Gasteiger charge is 2.46. The van der Waals surface area contributed by atoms with Gasteiger partial charge < -0.3 is 19.1 Å². The lowest BCUT2D eigenvalue weighted by molar-refractivity contribution is 0.456. The lowest BCUT2D eigenvalue weighted by Gasteiger charge is -2.42. The van der Waals surface area contributed by atoms with E-state index in [1.807, 2.05) is 6.07 Å². The van der Waals surface area contributed by atoms with Crippen LogP contribution in [-0.2, 0) is 0 Å². The average Bonchev–Trinajstić information content (AvgIpc) is 3.38. The first-order chi connectivity index (χ1) is 32.7. The average molecular weight is 842 g/mol. The normalized spacial score (nSPS) is 13.1. The van der Waals surface area contributed by atoms with Crippen molar-refractivity contribution in [3.05, 3.63) is 224 Å². The molecule has 0 amide bonds. The Labute approximate surface area is 384 Å². The van der Waals surface area contributed by atoms with Crippen LogP contribution in [0, 0.1) is 0 Å². The van der Waals surface area contributed by atoms with Crippen LogP contribution in [0.3, 0.4) is 0 Å². The van der Waals surface area contributed by atoms with E-state index in [1.165, 1.54) is 5.46 Å². The molecule has 14 rings (SSSR count). The number of rotatable bonds is 5. The van der Waals surface area contributed by atoms with Crippen molar-refractivity contribution in [1.82, 2.24) is 0 Å². The number of nitrogens with zero attached hydrogens (tertiary/aromatic N) is 1. The van der Waals surface area contributed by atoms with Gasteiger partial charge in [-0.2, -0.15) is 0 Å². The standard InChI is InChI=1S/C60H37B2NO3/c1-5-18-38(19-6-1)42-32-51-58-55(33-42)65-53-37-54-49(62-47-29-14-16-31-52(47)64-56-34-43(35-57(66-54)59(56)62)39-20-7-2-8-21-39)36-48(53)61(58)46-28-13-15-30-50(46)63(51)60-44(40-22-9-3-10-23-40)26-17-27-45(60)41-24-11-4-12-25-41/h1-37H. The number of benzene rings is 10. The molecule has 6 heteroatoms. The van der Waals surface area contributed by atoms with E-state index in [4.69, 9.17) is 14.2 Å². The summed E-state index contributed by atoms with van der Waals surface area (Å²) in [5.41, 5.74) is 19.0. The summed E-state index contributed by atoms with van der Waals surface area (Å²) in [6.07, 6.45) is 0. The molecule has 4 aliphatic heterocycles. The van der Waals surface area contributed by atoms with Gasteiger partial charge in [0.1, 0.15) is 34.5 Å². The van der Waals surface area contributed by atoms with Crippen LogP contribution in [0.2, 0.25) is 0 Å². The van der Waals surface area contributed by atoms with Crippen LogP contribution >= 0.6 is 0 Å². The third-order valence-corrected chi connectivity index (χ3v) is 13.8. The van der Waals surface area contributed by atoms with E-state index >= 15 is 0 Å². The maximum Gasteiger partial charge on any atom is 0.260 e. The highest BCUT2D eigenvalue weighted by Crippen LogP contribution is 2.50. The van der Waals surface area contributed by atoms with Crippen LogP contribution in [0.5, 0.6) is 34.5 Å². The van der Waals surface area contributed by atoms with Crippen LogP contribution in [-0.4, -0.2) is 13.4 Å². The SMILES string of the molecule is c1ccc(-c2cc3c4c(c2)Oc2cc5c(cc2B4c2ccccc2O3)B2c3ccccc3N(c3c(-c4ccccc4)cccc3-c3ccccc3)c3cc(-c4ccccc4)cc(c32)O5)cc1. The van der Waals surface area contributed by atoms with Gasteiger partial charge >= 0.3 is 0 Å². The van der Waals surface area contributed by atoms with Gasteiger partial charge in [0.2, 0.25) is 0 Å². The summed E-state index contributed by atoms with van der Waals surface area (Å²) in [5, 5.41) is 0. The summed E-state index contributed by atoms with van der Waals surface area (Å²) in [7, 11) is 0. The van der Waals surface area contributed by atoms with Crippen LogP contribution in [0.4, 0.5) is 17.1 Å². The van der Waals surface area contributed by atoms with Gasteiger partial charge in [-0.1, -0.05) is 182 Å². The Morgan fingerprint density at radius 2 is 0.727 bits per heavy atom. The molecule has 4 nitrogen and oxygen atoms in total. The molecule has 0 atom stereocenters. The van der Waals surface area contributed by atoms with Crippen molar-refractivity contribution >= 4 is 63.3 Å². The van der Waals surface area contributed by atoms with Gasteiger partial charge in [0, 0.05) is 34.0 Å². The summed E-state index contributed by atoms with van der Waals surface area (Å²) < 4.78 is 21.1. The zero-order valence-corrected chi connectivity index (χ0v) is 35.7. The molecule has 0 spiro atoms. The van der Waals surface area contributed by atoms with E-state index in [0.717, 1.165) is 123 Å². The highest BCUT2D eigenvalue weighted by atomic mass is 16.5. The van der Waals surface area contributed by atoms with Crippen LogP contribution in [0.1, 0.15) is 0 Å². The first-order valence-corrected chi connectivity index (χ1v) is 22.6. The number of hydrogen-bond acceptors (Lipinski definition) is 4. The monoisotopic (exact) mass is 841 g/mol. The maximum absolute atomic E-state index is 7.31. The third kappa shape index (κ3) is 5.61. The topological polar surface area (TPSA) is 30.9 Å². The molecule has 0 fully saturated rings. The van der Waals surface area contributed by atoms with E-state index in [-0.39, 0.29) is 13.4 Å². The molecule has 66 heavy (non-hydrogen) atoms. The zero-order valence-electron chi connectivity index (χ0n) is 35.7. The molecule has 4 aliphatic rings. The molecule has 0 aromatic heterocycles. The molecule has 4 heterocycles. The number of para-hydroxylation sites is 3. The van der Waals surface area contributed by atoms with Crippen LogP contribution in [0.15, 0.2) is 224 Å². The number of ether oxygens (including phenoxy) is 3. The van der Waals surface area contributed by atoms with E-state index < -0.39 is 0 Å². The van der Waals surface area contributed by atoms with Gasteiger partial charge in [-0.15, -0.1) is 0 Å². The van der Waals surface area contributed by atoms with Gasteiger partial charge in [0.15, 0.2) is 0 Å². The van der Waals surface area contributed by atoms with Crippen molar-refractivity contribution in [2.75, 3.05) is 4.90 Å². The van der Waals surface area contributed by atoms with E-state index in [2.05, 4.69) is 223 Å². The largest absolute Gasteiger partial charge is 0.458 e. The minimum atomic E-state index is -0.137. The van der Waals surface area contributed by atoms with Gasteiger partial charge in [0.25, 0.3) is 13.4 Å². The first kappa shape index (κ1) is 37.0. The zero-order chi connectivity index (χ0) is 43.3. The molecule has 306 valence electrons. The predicted octanol–water partition coefficient (Wildman–Crippen LogP) is 11.5. The minimum Gasteiger partial charge on any atom is -0.458 e. The molecular formula is C60H37B2NO3. The van der Waals surface area contributed by atoms with E-state index in [9.17, 15) is 0 Å². The molecule has 0 N–H and O–H groups in total. The fraction of sp³-hybridized carbons (Fsp3) is 0. The number of anilines is 3. The Bertz CT molecular complexity index is 3520. The second-order valence-corrected chi connectivity index (χ2v) is 17.5. The van der Waals surface area contributed by atoms with Gasteiger partial charge in [-0.25, -0.2) is 0 Å². The Hall–Kier alpha value is -8.47. The number of fused-ring (bicyclic) bond motifs is 8. The smallest absolute Gasteiger partial charge is 0.260 e. The molecule has 0 aliphatic carbocycles. The Kier molecular flexibility index (Phi) is 8.14. The lowest BCUT2D eigenvalue weighted by Crippen LogP contribution is -2.62. The first-order valence-electron chi connectivity index (χ1n) is 22.6. The fourth-order valence-corrected chi connectivity index (χ4v) is 11.0. The lowest BCUT2D eigenvalue weighted by atomic mass is 9.31. The predicted molar refractivity (Wildman–Crippen MR) is 272 cm³/mol. The van der Waals surface area contributed by atoms with Gasteiger partial charge in [-0.05, 0) is 97.1 Å². The second kappa shape index (κ2) is 14.5. The Morgan fingerprint density at radius 3 is 1.32 bits per heavy atom. The number of hydrogen-bond donors (Lipinski definition) is 0. The van der Waals surface area contributed by atoms with Gasteiger partial charge in [-0.3, -0.25) is 0 Å². The molecule has 0 radical (unpaired) electrons. The summed E-state index contributed by atoms with van der Waals surface area (Å²) in [4.78, 5) is 2.51. The van der Waals surface area contributed by atoms with E-state index in [0.29, 0.717) is 0 Å². The molecule has 10 aromatic rings. The third-order valence-electron chi connectivity index (χ3n) is 13.8. The summed E-state index contributed by atoms with van der Waals surface area (Å²) in [6.45, 7) is -0.247. The second-order valence-electron chi connectivity index (χ2n) is 17.5. The molecule has 0 saturated heterocycles. The van der Waals surface area contributed by atoms with Crippen molar-refractivity contribution in [3.63, 3.8) is 0 Å². The van der Waals surface area contributed by atoms with Crippen molar-refractivity contribution < 1.29 is 14.2 Å². The van der Waals surface area contributed by atoms with Crippen LogP contribution < -0.4 is 51.9 Å². The molecule has 0 saturated carbocycles. The highest BCUT2D eigenvalue weighted by molar-refractivity contribution is 7.01. The molecule has 10 aromatic carbocycles. The van der Waals surface area contributed by atoms with Crippen molar-refractivity contribution in [1.29, 1.82) is 0 Å². The summed E-state index contributed by atoms with van der Waals surface area (Å²) in [5.74, 6) is 4.90. The quantitative estimate of drug-likeness (QED) is 0.162. The van der Waals surface area contributed by atoms with Gasteiger partial charge in [0.05, 0.1) is 5.69 Å². The summed E-state index contributed by atoms with van der Waals surface area (Å²) >= 11 is 0. The fourth-order valence-electron chi connectivity index (χ4n) is 11.0.